The lowest BCUT2D eigenvalue weighted by Crippen LogP contribution is -2.34. The minimum absolute atomic E-state index is 0.115. The topological polar surface area (TPSA) is 66.8 Å². The van der Waals surface area contributed by atoms with Crippen LogP contribution in [0, 0.1) is 0 Å². The average molecular weight is 372 g/mol. The molecule has 0 aromatic rings. The predicted molar refractivity (Wildman–Crippen MR) is 103 cm³/mol. The van der Waals surface area contributed by atoms with Crippen LogP contribution in [-0.4, -0.2) is 59.2 Å². The summed E-state index contributed by atoms with van der Waals surface area (Å²) in [7, 11) is 1.41. The Morgan fingerprint density at radius 3 is 2.92 bits per heavy atom. The number of esters is 1. The summed E-state index contributed by atoms with van der Waals surface area (Å²) < 4.78 is 4.61. The molecule has 1 N–H and O–H groups in total. The van der Waals surface area contributed by atoms with Crippen LogP contribution < -0.4 is 0 Å². The van der Waals surface area contributed by atoms with E-state index in [0.29, 0.717) is 12.8 Å². The normalized spacial score (nSPS) is 18.9. The Morgan fingerprint density at radius 1 is 1.40 bits per heavy atom. The molecule has 0 aromatic carbocycles. The van der Waals surface area contributed by atoms with E-state index >= 15 is 0 Å². The number of thioether (sulfide) groups is 1. The number of carbonyl (C=O) groups is 2. The molecule has 1 aliphatic heterocycles. The van der Waals surface area contributed by atoms with E-state index in [1.54, 1.807) is 11.8 Å². The van der Waals surface area contributed by atoms with Crippen LogP contribution in [0.15, 0.2) is 12.2 Å². The van der Waals surface area contributed by atoms with Crippen LogP contribution in [0.5, 0.6) is 0 Å². The Balaban J connectivity index is 2.26. The summed E-state index contributed by atoms with van der Waals surface area (Å²) in [6.07, 6.45) is 10.3. The minimum atomic E-state index is -0.406. The molecule has 1 amide bonds. The summed E-state index contributed by atoms with van der Waals surface area (Å²) in [6, 6.07) is 0.115. The second-order valence-corrected chi connectivity index (χ2v) is 7.66. The summed E-state index contributed by atoms with van der Waals surface area (Å²) in [4.78, 5) is 25.0. The second kappa shape index (κ2) is 13.2. The molecule has 0 aromatic heterocycles. The van der Waals surface area contributed by atoms with E-state index in [-0.39, 0.29) is 17.9 Å². The molecule has 1 aliphatic rings. The van der Waals surface area contributed by atoms with E-state index in [0.717, 1.165) is 56.6 Å². The largest absolute Gasteiger partial charge is 0.469 e. The van der Waals surface area contributed by atoms with E-state index in [9.17, 15) is 14.7 Å². The second-order valence-electron chi connectivity index (χ2n) is 6.43. The number of likely N-dealkylation sites (tertiary alicyclic amines) is 1. The van der Waals surface area contributed by atoms with Crippen molar-refractivity contribution >= 4 is 23.6 Å². The van der Waals surface area contributed by atoms with Crippen molar-refractivity contribution in [3.63, 3.8) is 0 Å². The van der Waals surface area contributed by atoms with Gasteiger partial charge in [-0.15, -0.1) is 0 Å². The first-order valence-electron chi connectivity index (χ1n) is 9.38. The van der Waals surface area contributed by atoms with Crippen molar-refractivity contribution < 1.29 is 19.4 Å². The zero-order valence-corrected chi connectivity index (χ0v) is 16.4. The SMILES string of the molecule is CCCCCC(O)/C=C/C1CCC(=O)N1CCSCCCC(=O)OC. The van der Waals surface area contributed by atoms with E-state index < -0.39 is 6.10 Å². The maximum Gasteiger partial charge on any atom is 0.305 e. The number of hydrogen-bond donors (Lipinski definition) is 1. The van der Waals surface area contributed by atoms with Gasteiger partial charge in [-0.3, -0.25) is 9.59 Å². The molecule has 0 saturated carbocycles. The van der Waals surface area contributed by atoms with Crippen molar-refractivity contribution in [2.75, 3.05) is 25.2 Å². The lowest BCUT2D eigenvalue weighted by Gasteiger charge is -2.22. The van der Waals surface area contributed by atoms with Crippen molar-refractivity contribution in [3.05, 3.63) is 12.2 Å². The summed E-state index contributed by atoms with van der Waals surface area (Å²) >= 11 is 1.76. The number of unbranched alkanes of at least 4 members (excludes halogenated alkanes) is 2. The first-order chi connectivity index (χ1) is 12.1. The van der Waals surface area contributed by atoms with Crippen molar-refractivity contribution in [3.8, 4) is 0 Å². The predicted octanol–water partition coefficient (Wildman–Crippen LogP) is 3.16. The van der Waals surface area contributed by atoms with Crippen molar-refractivity contribution in [2.24, 2.45) is 0 Å². The fourth-order valence-electron chi connectivity index (χ4n) is 2.89. The molecule has 25 heavy (non-hydrogen) atoms. The third kappa shape index (κ3) is 9.31. The average Bonchev–Trinajstić information content (AvgIpc) is 2.96. The van der Waals surface area contributed by atoms with E-state index in [4.69, 9.17) is 0 Å². The van der Waals surface area contributed by atoms with Gasteiger partial charge in [0.1, 0.15) is 0 Å². The van der Waals surface area contributed by atoms with Gasteiger partial charge >= 0.3 is 5.97 Å². The summed E-state index contributed by atoms with van der Waals surface area (Å²) in [5.74, 6) is 1.80. The molecular formula is C19H33NO4S. The first-order valence-corrected chi connectivity index (χ1v) is 10.5. The molecule has 2 atom stereocenters. The van der Waals surface area contributed by atoms with Gasteiger partial charge in [-0.2, -0.15) is 11.8 Å². The van der Waals surface area contributed by atoms with Crippen molar-refractivity contribution in [1.82, 2.24) is 4.90 Å². The fraction of sp³-hybridized carbons (Fsp3) is 0.789. The van der Waals surface area contributed by atoms with Gasteiger partial charge in [-0.05, 0) is 25.0 Å². The smallest absolute Gasteiger partial charge is 0.305 e. The van der Waals surface area contributed by atoms with Gasteiger partial charge in [-0.25, -0.2) is 0 Å². The van der Waals surface area contributed by atoms with Gasteiger partial charge in [0.15, 0.2) is 0 Å². The molecule has 6 heteroatoms. The number of aliphatic hydroxyl groups excluding tert-OH is 1. The summed E-state index contributed by atoms with van der Waals surface area (Å²) in [6.45, 7) is 2.88. The Bertz CT molecular complexity index is 428. The molecule has 1 heterocycles. The number of nitrogens with zero attached hydrogens (tertiary/aromatic N) is 1. The molecule has 1 saturated heterocycles. The van der Waals surface area contributed by atoms with Crippen LogP contribution in [0.4, 0.5) is 0 Å². The van der Waals surface area contributed by atoms with E-state index in [1.807, 2.05) is 17.1 Å². The number of methoxy groups -OCH3 is 1. The molecular weight excluding hydrogens is 338 g/mol. The Kier molecular flexibility index (Phi) is 11.7. The van der Waals surface area contributed by atoms with Gasteiger partial charge in [0.2, 0.25) is 5.91 Å². The Morgan fingerprint density at radius 2 is 2.20 bits per heavy atom. The Hall–Kier alpha value is -1.01. The number of rotatable bonds is 13. The first kappa shape index (κ1) is 22.0. The van der Waals surface area contributed by atoms with Gasteiger partial charge < -0.3 is 14.7 Å². The zero-order chi connectivity index (χ0) is 18.5. The maximum atomic E-state index is 12.0. The van der Waals surface area contributed by atoms with E-state index in [1.165, 1.54) is 7.11 Å². The molecule has 0 aliphatic carbocycles. The number of amides is 1. The van der Waals surface area contributed by atoms with Gasteiger partial charge in [0.25, 0.3) is 0 Å². The van der Waals surface area contributed by atoms with Crippen LogP contribution >= 0.6 is 11.8 Å². The number of ether oxygens (including phenoxy) is 1. The summed E-state index contributed by atoms with van der Waals surface area (Å²) in [5.41, 5.74) is 0. The van der Waals surface area contributed by atoms with E-state index in [2.05, 4.69) is 11.7 Å². The third-order valence-electron chi connectivity index (χ3n) is 4.41. The van der Waals surface area contributed by atoms with Crippen LogP contribution in [0.2, 0.25) is 0 Å². The molecule has 5 nitrogen and oxygen atoms in total. The monoisotopic (exact) mass is 371 g/mol. The molecule has 1 fully saturated rings. The lowest BCUT2D eigenvalue weighted by atomic mass is 10.1. The quantitative estimate of drug-likeness (QED) is 0.306. The molecule has 1 rings (SSSR count). The van der Waals surface area contributed by atoms with Crippen LogP contribution in [0.25, 0.3) is 0 Å². The molecule has 0 spiro atoms. The van der Waals surface area contributed by atoms with Gasteiger partial charge in [0.05, 0.1) is 19.3 Å². The zero-order valence-electron chi connectivity index (χ0n) is 15.6. The van der Waals surface area contributed by atoms with Crippen LogP contribution in [-0.2, 0) is 14.3 Å². The molecule has 2 unspecified atom stereocenters. The molecule has 144 valence electrons. The number of aliphatic hydroxyl groups is 1. The van der Waals surface area contributed by atoms with Crippen molar-refractivity contribution in [2.45, 2.75) is 70.4 Å². The van der Waals surface area contributed by atoms with Crippen LogP contribution in [0.1, 0.15) is 58.3 Å². The Labute approximate surface area is 156 Å². The van der Waals surface area contributed by atoms with Gasteiger partial charge in [0, 0.05) is 25.1 Å². The number of carbonyl (C=O) groups excluding carboxylic acids is 2. The lowest BCUT2D eigenvalue weighted by molar-refractivity contribution is -0.140. The highest BCUT2D eigenvalue weighted by molar-refractivity contribution is 7.99. The highest BCUT2D eigenvalue weighted by Gasteiger charge is 2.28. The standard InChI is InChI=1S/C19H33NO4S/c1-3-4-5-7-17(21)11-9-16-10-12-18(22)20(16)13-15-25-14-6-8-19(23)24-2/h9,11,16-17,21H,3-8,10,12-15H2,1-2H3/b11-9+. The third-order valence-corrected chi connectivity index (χ3v) is 5.46. The highest BCUT2D eigenvalue weighted by Crippen LogP contribution is 2.21. The fourth-order valence-corrected chi connectivity index (χ4v) is 3.77. The maximum absolute atomic E-state index is 12.0. The van der Waals surface area contributed by atoms with Crippen LogP contribution in [0.3, 0.4) is 0 Å². The molecule has 0 radical (unpaired) electrons. The highest BCUT2D eigenvalue weighted by atomic mass is 32.2. The van der Waals surface area contributed by atoms with Crippen molar-refractivity contribution in [1.29, 1.82) is 0 Å². The molecule has 0 bridgehead atoms. The summed E-state index contributed by atoms with van der Waals surface area (Å²) in [5, 5.41) is 9.99. The number of hydrogen-bond acceptors (Lipinski definition) is 5. The van der Waals surface area contributed by atoms with Gasteiger partial charge in [-0.1, -0.05) is 38.3 Å². The minimum Gasteiger partial charge on any atom is -0.469 e.